The normalized spacial score (nSPS) is 15.3. The zero-order chi connectivity index (χ0) is 13.9. The minimum absolute atomic E-state index is 0.721. The number of anilines is 2. The smallest absolute Gasteiger partial charge is 0.161 e. The van der Waals surface area contributed by atoms with Gasteiger partial charge in [-0.25, -0.2) is 9.97 Å². The van der Waals surface area contributed by atoms with Crippen LogP contribution in [0.4, 0.5) is 11.5 Å². The average molecular weight is 270 g/mol. The predicted octanol–water partition coefficient (Wildman–Crippen LogP) is 1.87. The van der Waals surface area contributed by atoms with Gasteiger partial charge >= 0.3 is 0 Å². The van der Waals surface area contributed by atoms with Crippen molar-refractivity contribution in [3.05, 3.63) is 36.0 Å². The van der Waals surface area contributed by atoms with Crippen LogP contribution in [0.1, 0.15) is 5.69 Å². The summed E-state index contributed by atoms with van der Waals surface area (Å²) < 4.78 is 5.38. The molecule has 2 N–H and O–H groups in total. The monoisotopic (exact) mass is 270 g/mol. The molecule has 0 saturated carbocycles. The van der Waals surface area contributed by atoms with Crippen LogP contribution in [-0.4, -0.2) is 36.3 Å². The Morgan fingerprint density at radius 1 is 1.15 bits per heavy atom. The molecule has 0 spiro atoms. The van der Waals surface area contributed by atoms with E-state index >= 15 is 0 Å². The van der Waals surface area contributed by atoms with Crippen LogP contribution in [0.25, 0.3) is 11.4 Å². The first kappa shape index (κ1) is 12.9. The van der Waals surface area contributed by atoms with E-state index in [0.29, 0.717) is 0 Å². The number of aromatic nitrogens is 2. The number of benzene rings is 1. The summed E-state index contributed by atoms with van der Waals surface area (Å²) in [7, 11) is 0. The van der Waals surface area contributed by atoms with Crippen LogP contribution in [-0.2, 0) is 4.74 Å². The number of ether oxygens (including phenoxy) is 1. The van der Waals surface area contributed by atoms with E-state index in [0.717, 1.165) is 54.9 Å². The molecule has 1 fully saturated rings. The third-order valence-electron chi connectivity index (χ3n) is 3.32. The van der Waals surface area contributed by atoms with Crippen molar-refractivity contribution in [2.24, 2.45) is 0 Å². The lowest BCUT2D eigenvalue weighted by molar-refractivity contribution is 0.122. The van der Waals surface area contributed by atoms with E-state index in [9.17, 15) is 0 Å². The van der Waals surface area contributed by atoms with Crippen molar-refractivity contribution in [2.45, 2.75) is 6.92 Å². The Labute approximate surface area is 118 Å². The van der Waals surface area contributed by atoms with Gasteiger partial charge < -0.3 is 15.4 Å². The highest BCUT2D eigenvalue weighted by Crippen LogP contribution is 2.22. The molecule has 1 aliphatic rings. The lowest BCUT2D eigenvalue weighted by atomic mass is 10.2. The van der Waals surface area contributed by atoms with Gasteiger partial charge in [0.15, 0.2) is 5.82 Å². The van der Waals surface area contributed by atoms with Gasteiger partial charge in [-0.15, -0.1) is 0 Å². The molecule has 1 aliphatic heterocycles. The molecule has 0 radical (unpaired) electrons. The van der Waals surface area contributed by atoms with E-state index < -0.39 is 0 Å². The lowest BCUT2D eigenvalue weighted by Crippen LogP contribution is -2.36. The number of morpholine rings is 1. The van der Waals surface area contributed by atoms with Crippen molar-refractivity contribution in [3.63, 3.8) is 0 Å². The van der Waals surface area contributed by atoms with Crippen LogP contribution in [0.5, 0.6) is 0 Å². The second-order valence-corrected chi connectivity index (χ2v) is 4.92. The van der Waals surface area contributed by atoms with Crippen molar-refractivity contribution in [1.82, 2.24) is 9.97 Å². The highest BCUT2D eigenvalue weighted by Gasteiger charge is 2.14. The minimum Gasteiger partial charge on any atom is -0.399 e. The van der Waals surface area contributed by atoms with Gasteiger partial charge in [0, 0.05) is 36.1 Å². The van der Waals surface area contributed by atoms with Crippen LogP contribution in [0.2, 0.25) is 0 Å². The highest BCUT2D eigenvalue weighted by molar-refractivity contribution is 5.62. The molecule has 0 unspecified atom stereocenters. The van der Waals surface area contributed by atoms with Gasteiger partial charge in [0.25, 0.3) is 0 Å². The Morgan fingerprint density at radius 2 is 1.95 bits per heavy atom. The molecule has 0 aliphatic carbocycles. The second-order valence-electron chi connectivity index (χ2n) is 4.92. The summed E-state index contributed by atoms with van der Waals surface area (Å²) in [6, 6.07) is 9.68. The largest absolute Gasteiger partial charge is 0.399 e. The van der Waals surface area contributed by atoms with E-state index in [2.05, 4.69) is 14.9 Å². The fourth-order valence-corrected chi connectivity index (χ4v) is 2.31. The van der Waals surface area contributed by atoms with Crippen LogP contribution in [0, 0.1) is 6.92 Å². The van der Waals surface area contributed by atoms with Crippen molar-refractivity contribution < 1.29 is 4.74 Å². The van der Waals surface area contributed by atoms with Gasteiger partial charge in [0.2, 0.25) is 0 Å². The first-order chi connectivity index (χ1) is 9.72. The van der Waals surface area contributed by atoms with Gasteiger partial charge in [-0.2, -0.15) is 0 Å². The Kier molecular flexibility index (Phi) is 3.52. The van der Waals surface area contributed by atoms with Gasteiger partial charge in [0.05, 0.1) is 13.2 Å². The van der Waals surface area contributed by atoms with Crippen molar-refractivity contribution in [3.8, 4) is 11.4 Å². The fraction of sp³-hybridized carbons (Fsp3) is 0.333. The number of nitrogen functional groups attached to an aromatic ring is 1. The summed E-state index contributed by atoms with van der Waals surface area (Å²) >= 11 is 0. The van der Waals surface area contributed by atoms with Crippen LogP contribution >= 0.6 is 0 Å². The maximum absolute atomic E-state index is 5.83. The summed E-state index contributed by atoms with van der Waals surface area (Å²) in [5, 5.41) is 0. The molecule has 3 rings (SSSR count). The Morgan fingerprint density at radius 3 is 2.70 bits per heavy atom. The number of aryl methyl sites for hydroxylation is 1. The summed E-state index contributed by atoms with van der Waals surface area (Å²) in [5.74, 6) is 1.68. The first-order valence-electron chi connectivity index (χ1n) is 6.77. The van der Waals surface area contributed by atoms with E-state index in [1.54, 1.807) is 0 Å². The number of hydrogen-bond acceptors (Lipinski definition) is 5. The minimum atomic E-state index is 0.721. The molecule has 0 amide bonds. The number of nitrogens with zero attached hydrogens (tertiary/aromatic N) is 3. The molecule has 104 valence electrons. The SMILES string of the molecule is Cc1cc(N2CCOCC2)nc(-c2cccc(N)c2)n1. The zero-order valence-electron chi connectivity index (χ0n) is 11.5. The first-order valence-corrected chi connectivity index (χ1v) is 6.77. The summed E-state index contributed by atoms with van der Waals surface area (Å²) in [6.45, 7) is 5.22. The van der Waals surface area contributed by atoms with Crippen molar-refractivity contribution >= 4 is 11.5 Å². The van der Waals surface area contributed by atoms with Crippen molar-refractivity contribution in [2.75, 3.05) is 36.9 Å². The summed E-state index contributed by atoms with van der Waals surface area (Å²) in [6.07, 6.45) is 0. The van der Waals surface area contributed by atoms with E-state index in [1.165, 1.54) is 0 Å². The van der Waals surface area contributed by atoms with E-state index in [-0.39, 0.29) is 0 Å². The van der Waals surface area contributed by atoms with E-state index in [4.69, 9.17) is 10.5 Å². The Bertz CT molecular complexity index is 609. The number of nitrogens with two attached hydrogens (primary N) is 1. The Hall–Kier alpha value is -2.14. The van der Waals surface area contributed by atoms with E-state index in [1.807, 2.05) is 37.3 Å². The molecule has 20 heavy (non-hydrogen) atoms. The van der Waals surface area contributed by atoms with Gasteiger partial charge in [0.1, 0.15) is 5.82 Å². The molecule has 1 aromatic heterocycles. The average Bonchev–Trinajstić information content (AvgIpc) is 2.47. The maximum atomic E-state index is 5.83. The molecule has 5 nitrogen and oxygen atoms in total. The van der Waals surface area contributed by atoms with Crippen LogP contribution in [0.15, 0.2) is 30.3 Å². The molecule has 0 atom stereocenters. The predicted molar refractivity (Wildman–Crippen MR) is 79.6 cm³/mol. The lowest BCUT2D eigenvalue weighted by Gasteiger charge is -2.28. The summed E-state index contributed by atoms with van der Waals surface area (Å²) in [4.78, 5) is 11.4. The molecule has 0 bridgehead atoms. The van der Waals surface area contributed by atoms with Gasteiger partial charge in [-0.1, -0.05) is 12.1 Å². The molecule has 2 aromatic rings. The number of rotatable bonds is 2. The molecule has 1 aromatic carbocycles. The highest BCUT2D eigenvalue weighted by atomic mass is 16.5. The fourth-order valence-electron chi connectivity index (χ4n) is 2.31. The van der Waals surface area contributed by atoms with Crippen molar-refractivity contribution in [1.29, 1.82) is 0 Å². The second kappa shape index (κ2) is 5.46. The molecule has 2 heterocycles. The molecule has 1 saturated heterocycles. The number of hydrogen-bond donors (Lipinski definition) is 1. The van der Waals surface area contributed by atoms with Gasteiger partial charge in [-0.3, -0.25) is 0 Å². The molecule has 5 heteroatoms. The third kappa shape index (κ3) is 2.72. The van der Waals surface area contributed by atoms with Crippen LogP contribution < -0.4 is 10.6 Å². The quantitative estimate of drug-likeness (QED) is 0.844. The third-order valence-corrected chi connectivity index (χ3v) is 3.32. The topological polar surface area (TPSA) is 64.3 Å². The zero-order valence-corrected chi connectivity index (χ0v) is 11.5. The standard InChI is InChI=1S/C15H18N4O/c1-11-9-14(19-5-7-20-8-6-19)18-15(17-11)12-3-2-4-13(16)10-12/h2-4,9-10H,5-8,16H2,1H3. The Balaban J connectivity index is 1.97. The molecular weight excluding hydrogens is 252 g/mol. The molecular formula is C15H18N4O. The van der Waals surface area contributed by atoms with Crippen LogP contribution in [0.3, 0.4) is 0 Å². The van der Waals surface area contributed by atoms with Gasteiger partial charge in [-0.05, 0) is 19.1 Å². The summed E-state index contributed by atoms with van der Waals surface area (Å²) in [5.41, 5.74) is 8.46. The maximum Gasteiger partial charge on any atom is 0.161 e.